The number of hydrogen-bond acceptors (Lipinski definition) is 4. The van der Waals surface area contributed by atoms with E-state index >= 15 is 0 Å². The number of benzene rings is 1. The zero-order chi connectivity index (χ0) is 14.6. The number of rotatable bonds is 11. The van der Waals surface area contributed by atoms with E-state index in [1.54, 1.807) is 19.2 Å². The average Bonchev–Trinajstić information content (AvgIpc) is 2.46. The summed E-state index contributed by atoms with van der Waals surface area (Å²) in [4.78, 5) is 0. The number of halogens is 1. The second-order valence-electron chi connectivity index (χ2n) is 4.44. The monoisotopic (exact) mass is 285 g/mol. The molecular weight excluding hydrogens is 261 g/mol. The minimum Gasteiger partial charge on any atom is -0.382 e. The molecule has 1 N–H and O–H groups in total. The molecule has 0 radical (unpaired) electrons. The molecule has 0 aliphatic heterocycles. The third-order valence-corrected chi connectivity index (χ3v) is 2.87. The minimum atomic E-state index is -0.210. The Kier molecular flexibility index (Phi) is 9.15. The van der Waals surface area contributed by atoms with Crippen molar-refractivity contribution < 1.29 is 18.6 Å². The predicted octanol–water partition coefficient (Wildman–Crippen LogP) is 2.16. The van der Waals surface area contributed by atoms with Gasteiger partial charge in [0.05, 0.1) is 33.0 Å². The van der Waals surface area contributed by atoms with Crippen LogP contribution in [0.2, 0.25) is 0 Å². The molecule has 1 rings (SSSR count). The zero-order valence-corrected chi connectivity index (χ0v) is 12.2. The van der Waals surface area contributed by atoms with E-state index in [4.69, 9.17) is 14.2 Å². The molecule has 1 unspecified atom stereocenters. The van der Waals surface area contributed by atoms with Crippen LogP contribution in [0.25, 0.3) is 0 Å². The number of hydrogen-bond donors (Lipinski definition) is 1. The van der Waals surface area contributed by atoms with Crippen LogP contribution in [0.1, 0.15) is 18.5 Å². The lowest BCUT2D eigenvalue weighted by Gasteiger charge is -2.14. The molecule has 0 bridgehead atoms. The van der Waals surface area contributed by atoms with Crippen LogP contribution in [0, 0.1) is 5.82 Å². The van der Waals surface area contributed by atoms with Gasteiger partial charge in [0.2, 0.25) is 0 Å². The van der Waals surface area contributed by atoms with Gasteiger partial charge in [-0.1, -0.05) is 12.1 Å². The van der Waals surface area contributed by atoms with Gasteiger partial charge in [-0.15, -0.1) is 0 Å². The lowest BCUT2D eigenvalue weighted by atomic mass is 10.1. The molecule has 1 aromatic rings. The lowest BCUT2D eigenvalue weighted by Crippen LogP contribution is -2.24. The first kappa shape index (κ1) is 17.0. The maximum atomic E-state index is 12.8. The summed E-state index contributed by atoms with van der Waals surface area (Å²) in [7, 11) is 1.65. The van der Waals surface area contributed by atoms with Gasteiger partial charge in [-0.3, -0.25) is 0 Å². The fraction of sp³-hybridized carbons (Fsp3) is 0.600. The SMILES string of the molecule is COCCOCCOCCNC(C)c1ccc(F)cc1. The van der Waals surface area contributed by atoms with Crippen molar-refractivity contribution in [3.63, 3.8) is 0 Å². The van der Waals surface area contributed by atoms with Crippen LogP contribution in [0.3, 0.4) is 0 Å². The minimum absolute atomic E-state index is 0.178. The predicted molar refractivity (Wildman–Crippen MR) is 76.3 cm³/mol. The van der Waals surface area contributed by atoms with Crippen molar-refractivity contribution in [2.45, 2.75) is 13.0 Å². The highest BCUT2D eigenvalue weighted by Gasteiger charge is 2.03. The van der Waals surface area contributed by atoms with Crippen LogP contribution in [-0.2, 0) is 14.2 Å². The van der Waals surface area contributed by atoms with Crippen LogP contribution >= 0.6 is 0 Å². The number of nitrogens with one attached hydrogen (secondary N) is 1. The van der Waals surface area contributed by atoms with Gasteiger partial charge in [-0.25, -0.2) is 4.39 Å². The summed E-state index contributed by atoms with van der Waals surface area (Å²) < 4.78 is 28.4. The molecule has 0 amide bonds. The summed E-state index contributed by atoms with van der Waals surface area (Å²) in [5.74, 6) is -0.210. The second kappa shape index (κ2) is 10.7. The first-order valence-electron chi connectivity index (χ1n) is 6.87. The Labute approximate surface area is 120 Å². The molecule has 0 aliphatic rings. The largest absolute Gasteiger partial charge is 0.382 e. The normalized spacial score (nSPS) is 12.6. The van der Waals surface area contributed by atoms with E-state index in [2.05, 4.69) is 5.32 Å². The van der Waals surface area contributed by atoms with E-state index in [9.17, 15) is 4.39 Å². The standard InChI is InChI=1S/C15H24FNO3/c1-13(14-3-5-15(16)6-4-14)17-7-8-19-11-12-20-10-9-18-2/h3-6,13,17H,7-12H2,1-2H3. The summed E-state index contributed by atoms with van der Waals surface area (Å²) in [6.45, 7) is 5.78. The van der Waals surface area contributed by atoms with Crippen LogP contribution in [-0.4, -0.2) is 46.7 Å². The summed E-state index contributed by atoms with van der Waals surface area (Å²) in [6, 6.07) is 6.70. The van der Waals surface area contributed by atoms with Gasteiger partial charge >= 0.3 is 0 Å². The van der Waals surface area contributed by atoms with E-state index < -0.39 is 0 Å². The third kappa shape index (κ3) is 7.55. The molecule has 0 fully saturated rings. The Balaban J connectivity index is 1.99. The van der Waals surface area contributed by atoms with E-state index in [1.807, 2.05) is 6.92 Å². The van der Waals surface area contributed by atoms with Gasteiger partial charge in [0.15, 0.2) is 0 Å². The first-order chi connectivity index (χ1) is 9.74. The topological polar surface area (TPSA) is 39.7 Å². The molecule has 0 spiro atoms. The van der Waals surface area contributed by atoms with Crippen LogP contribution in [0.4, 0.5) is 4.39 Å². The first-order valence-corrected chi connectivity index (χ1v) is 6.87. The van der Waals surface area contributed by atoms with Crippen molar-refractivity contribution in [2.75, 3.05) is 46.7 Å². The van der Waals surface area contributed by atoms with Crippen molar-refractivity contribution in [1.29, 1.82) is 0 Å². The molecule has 0 saturated heterocycles. The highest BCUT2D eigenvalue weighted by Crippen LogP contribution is 2.12. The van der Waals surface area contributed by atoms with Gasteiger partial charge in [-0.2, -0.15) is 0 Å². The van der Waals surface area contributed by atoms with E-state index in [0.717, 1.165) is 12.1 Å². The number of ether oxygens (including phenoxy) is 3. The van der Waals surface area contributed by atoms with Crippen molar-refractivity contribution in [2.24, 2.45) is 0 Å². The Hall–Kier alpha value is -1.01. The number of methoxy groups -OCH3 is 1. The molecule has 1 aromatic carbocycles. The Morgan fingerprint density at radius 1 is 1.00 bits per heavy atom. The summed E-state index contributed by atoms with van der Waals surface area (Å²) in [5, 5.41) is 3.32. The lowest BCUT2D eigenvalue weighted by molar-refractivity contribution is 0.0253. The van der Waals surface area contributed by atoms with E-state index in [-0.39, 0.29) is 11.9 Å². The van der Waals surface area contributed by atoms with Crippen LogP contribution in [0.15, 0.2) is 24.3 Å². The van der Waals surface area contributed by atoms with Crippen molar-refractivity contribution in [3.05, 3.63) is 35.6 Å². The third-order valence-electron chi connectivity index (χ3n) is 2.87. The molecule has 5 heteroatoms. The van der Waals surface area contributed by atoms with Gasteiger partial charge in [0.1, 0.15) is 5.82 Å². The van der Waals surface area contributed by atoms with Gasteiger partial charge < -0.3 is 19.5 Å². The highest BCUT2D eigenvalue weighted by atomic mass is 19.1. The molecule has 0 saturated carbocycles. The summed E-state index contributed by atoms with van der Waals surface area (Å²) in [6.07, 6.45) is 0. The molecule has 20 heavy (non-hydrogen) atoms. The molecule has 114 valence electrons. The maximum Gasteiger partial charge on any atom is 0.123 e. The molecule has 4 nitrogen and oxygen atoms in total. The van der Waals surface area contributed by atoms with E-state index in [1.165, 1.54) is 12.1 Å². The Morgan fingerprint density at radius 3 is 2.25 bits per heavy atom. The molecular formula is C15H24FNO3. The zero-order valence-electron chi connectivity index (χ0n) is 12.2. The van der Waals surface area contributed by atoms with Gasteiger partial charge in [0, 0.05) is 19.7 Å². The maximum absolute atomic E-state index is 12.8. The van der Waals surface area contributed by atoms with Gasteiger partial charge in [-0.05, 0) is 24.6 Å². The molecule has 0 heterocycles. The smallest absolute Gasteiger partial charge is 0.123 e. The van der Waals surface area contributed by atoms with Crippen molar-refractivity contribution in [1.82, 2.24) is 5.32 Å². The molecule has 0 aromatic heterocycles. The Bertz CT molecular complexity index is 345. The van der Waals surface area contributed by atoms with Crippen molar-refractivity contribution >= 4 is 0 Å². The average molecular weight is 285 g/mol. The van der Waals surface area contributed by atoms with Crippen molar-refractivity contribution in [3.8, 4) is 0 Å². The van der Waals surface area contributed by atoms with Crippen LogP contribution in [0.5, 0.6) is 0 Å². The quantitative estimate of drug-likeness (QED) is 0.632. The molecule has 1 atom stereocenters. The molecule has 0 aliphatic carbocycles. The summed E-state index contributed by atoms with van der Waals surface area (Å²) >= 11 is 0. The summed E-state index contributed by atoms with van der Waals surface area (Å²) in [5.41, 5.74) is 1.06. The highest BCUT2D eigenvalue weighted by molar-refractivity contribution is 5.19. The van der Waals surface area contributed by atoms with Gasteiger partial charge in [0.25, 0.3) is 0 Å². The van der Waals surface area contributed by atoms with Crippen LogP contribution < -0.4 is 5.32 Å². The Morgan fingerprint density at radius 2 is 1.60 bits per heavy atom. The fourth-order valence-corrected chi connectivity index (χ4v) is 1.68. The second-order valence-corrected chi connectivity index (χ2v) is 4.44. The van der Waals surface area contributed by atoms with E-state index in [0.29, 0.717) is 33.0 Å². The fourth-order valence-electron chi connectivity index (χ4n) is 1.68.